The number of ketones is 1. The Balaban J connectivity index is 2.65. The minimum atomic E-state index is -0.985. The van der Waals surface area contributed by atoms with Crippen molar-refractivity contribution in [2.45, 2.75) is 6.42 Å². The van der Waals surface area contributed by atoms with Crippen LogP contribution in [0.15, 0.2) is 30.3 Å². The van der Waals surface area contributed by atoms with E-state index < -0.39 is 5.97 Å². The van der Waals surface area contributed by atoms with Gasteiger partial charge in [-0.1, -0.05) is 24.3 Å². The standard InChI is InChI=1S/C14H17NO3/c1-15(2)10-9-13(16)12-6-3-11(4-7-12)5-8-14(17)18/h3-8H,9-10H2,1-2H3,(H,17,18)/b8-5+. The number of hydrogen-bond acceptors (Lipinski definition) is 3. The molecule has 0 aliphatic carbocycles. The number of carbonyl (C=O) groups excluding carboxylic acids is 1. The van der Waals surface area contributed by atoms with Gasteiger partial charge in [-0.25, -0.2) is 4.79 Å². The highest BCUT2D eigenvalue weighted by molar-refractivity contribution is 5.96. The van der Waals surface area contributed by atoms with Gasteiger partial charge in [-0.2, -0.15) is 0 Å². The fourth-order valence-corrected chi connectivity index (χ4v) is 1.42. The zero-order chi connectivity index (χ0) is 13.5. The van der Waals surface area contributed by atoms with E-state index in [0.717, 1.165) is 18.2 Å². The van der Waals surface area contributed by atoms with Crippen LogP contribution in [0.4, 0.5) is 0 Å². The first-order valence-corrected chi connectivity index (χ1v) is 5.68. The average Bonchev–Trinajstić information content (AvgIpc) is 2.34. The topological polar surface area (TPSA) is 57.6 Å². The zero-order valence-corrected chi connectivity index (χ0v) is 10.6. The van der Waals surface area contributed by atoms with Crippen LogP contribution >= 0.6 is 0 Å². The van der Waals surface area contributed by atoms with Crippen molar-refractivity contribution >= 4 is 17.8 Å². The van der Waals surface area contributed by atoms with E-state index in [-0.39, 0.29) is 5.78 Å². The molecule has 0 amide bonds. The summed E-state index contributed by atoms with van der Waals surface area (Å²) in [6, 6.07) is 6.92. The summed E-state index contributed by atoms with van der Waals surface area (Å²) >= 11 is 0. The van der Waals surface area contributed by atoms with Crippen LogP contribution in [0, 0.1) is 0 Å². The van der Waals surface area contributed by atoms with Gasteiger partial charge in [0.2, 0.25) is 0 Å². The van der Waals surface area contributed by atoms with Crippen molar-refractivity contribution in [3.05, 3.63) is 41.5 Å². The van der Waals surface area contributed by atoms with E-state index in [9.17, 15) is 9.59 Å². The molecule has 4 nitrogen and oxygen atoms in total. The smallest absolute Gasteiger partial charge is 0.328 e. The van der Waals surface area contributed by atoms with Crippen LogP contribution in [0.5, 0.6) is 0 Å². The number of benzene rings is 1. The van der Waals surface area contributed by atoms with E-state index in [1.807, 2.05) is 19.0 Å². The minimum absolute atomic E-state index is 0.0949. The maximum absolute atomic E-state index is 11.8. The molecular formula is C14H17NO3. The van der Waals surface area contributed by atoms with Crippen LogP contribution in [0.25, 0.3) is 6.08 Å². The molecule has 0 bridgehead atoms. The lowest BCUT2D eigenvalue weighted by Gasteiger charge is -2.08. The molecular weight excluding hydrogens is 230 g/mol. The third-order valence-corrected chi connectivity index (χ3v) is 2.44. The summed E-state index contributed by atoms with van der Waals surface area (Å²) in [4.78, 5) is 24.1. The fraction of sp³-hybridized carbons (Fsp3) is 0.286. The fourth-order valence-electron chi connectivity index (χ4n) is 1.42. The maximum atomic E-state index is 11.8. The second-order valence-corrected chi connectivity index (χ2v) is 4.27. The van der Waals surface area contributed by atoms with Crippen LogP contribution in [0.3, 0.4) is 0 Å². The summed E-state index contributed by atoms with van der Waals surface area (Å²) in [5.74, 6) is -0.890. The molecule has 1 aromatic carbocycles. The first-order valence-electron chi connectivity index (χ1n) is 5.68. The van der Waals surface area contributed by atoms with Gasteiger partial charge in [0.15, 0.2) is 5.78 Å². The Morgan fingerprint density at radius 1 is 1.22 bits per heavy atom. The lowest BCUT2D eigenvalue weighted by molar-refractivity contribution is -0.131. The second-order valence-electron chi connectivity index (χ2n) is 4.27. The largest absolute Gasteiger partial charge is 0.478 e. The second kappa shape index (κ2) is 6.71. The van der Waals surface area contributed by atoms with Gasteiger partial charge in [-0.15, -0.1) is 0 Å². The highest BCUT2D eigenvalue weighted by Gasteiger charge is 2.05. The summed E-state index contributed by atoms with van der Waals surface area (Å²) in [5, 5.41) is 8.49. The van der Waals surface area contributed by atoms with E-state index in [1.165, 1.54) is 6.08 Å². The number of Topliss-reactive ketones (excluding diaryl/α,β-unsaturated/α-hetero) is 1. The number of rotatable bonds is 6. The Morgan fingerprint density at radius 2 is 1.83 bits per heavy atom. The van der Waals surface area contributed by atoms with Crippen LogP contribution in [-0.4, -0.2) is 42.4 Å². The molecule has 0 spiro atoms. The molecule has 1 N–H and O–H groups in total. The van der Waals surface area contributed by atoms with E-state index >= 15 is 0 Å². The molecule has 0 aromatic heterocycles. The van der Waals surface area contributed by atoms with Crippen molar-refractivity contribution in [2.75, 3.05) is 20.6 Å². The normalized spacial score (nSPS) is 11.1. The van der Waals surface area contributed by atoms with Gasteiger partial charge in [0.1, 0.15) is 0 Å². The monoisotopic (exact) mass is 247 g/mol. The molecule has 18 heavy (non-hydrogen) atoms. The van der Waals surface area contributed by atoms with Gasteiger partial charge < -0.3 is 10.0 Å². The van der Waals surface area contributed by atoms with Gasteiger partial charge in [-0.3, -0.25) is 4.79 Å². The number of aliphatic carboxylic acids is 1. The summed E-state index contributed by atoms with van der Waals surface area (Å²) in [6.07, 6.45) is 3.05. The predicted molar refractivity (Wildman–Crippen MR) is 70.6 cm³/mol. The Kier molecular flexibility index (Phi) is 5.27. The molecule has 0 saturated heterocycles. The molecule has 0 atom stereocenters. The summed E-state index contributed by atoms with van der Waals surface area (Å²) in [7, 11) is 3.85. The third-order valence-electron chi connectivity index (χ3n) is 2.44. The predicted octanol–water partition coefficient (Wildman–Crippen LogP) is 1.92. The first-order chi connectivity index (χ1) is 8.49. The number of carboxylic acid groups (broad SMARTS) is 1. The SMILES string of the molecule is CN(C)CCC(=O)c1ccc(/C=C/C(=O)O)cc1. The van der Waals surface area contributed by atoms with Gasteiger partial charge in [0, 0.05) is 24.6 Å². The van der Waals surface area contributed by atoms with Crippen LogP contribution in [0.2, 0.25) is 0 Å². The Labute approximate surface area is 107 Å². The average molecular weight is 247 g/mol. The number of carbonyl (C=O) groups is 2. The van der Waals surface area contributed by atoms with E-state index in [1.54, 1.807) is 24.3 Å². The molecule has 0 saturated carbocycles. The van der Waals surface area contributed by atoms with Gasteiger partial charge in [-0.05, 0) is 25.7 Å². The summed E-state index contributed by atoms with van der Waals surface area (Å²) in [6.45, 7) is 0.722. The van der Waals surface area contributed by atoms with Crippen molar-refractivity contribution in [1.82, 2.24) is 4.90 Å². The first kappa shape index (κ1) is 14.1. The molecule has 96 valence electrons. The molecule has 0 radical (unpaired) electrons. The Morgan fingerprint density at radius 3 is 2.33 bits per heavy atom. The van der Waals surface area contributed by atoms with Crippen molar-refractivity contribution in [3.8, 4) is 0 Å². The Hall–Kier alpha value is -1.94. The zero-order valence-electron chi connectivity index (χ0n) is 10.6. The molecule has 1 aromatic rings. The third kappa shape index (κ3) is 4.93. The number of carboxylic acids is 1. The molecule has 0 aliphatic heterocycles. The van der Waals surface area contributed by atoms with E-state index in [2.05, 4.69) is 0 Å². The summed E-state index contributed by atoms with van der Waals surface area (Å²) in [5.41, 5.74) is 1.42. The quantitative estimate of drug-likeness (QED) is 0.616. The number of hydrogen-bond donors (Lipinski definition) is 1. The van der Waals surface area contributed by atoms with Crippen LogP contribution in [0.1, 0.15) is 22.3 Å². The van der Waals surface area contributed by atoms with Crippen LogP contribution in [-0.2, 0) is 4.79 Å². The van der Waals surface area contributed by atoms with E-state index in [4.69, 9.17) is 5.11 Å². The highest BCUT2D eigenvalue weighted by atomic mass is 16.4. The molecule has 0 unspecified atom stereocenters. The maximum Gasteiger partial charge on any atom is 0.328 e. The molecule has 1 rings (SSSR count). The van der Waals surface area contributed by atoms with Crippen molar-refractivity contribution in [1.29, 1.82) is 0 Å². The summed E-state index contributed by atoms with van der Waals surface area (Å²) < 4.78 is 0. The van der Waals surface area contributed by atoms with Gasteiger partial charge >= 0.3 is 5.97 Å². The van der Waals surface area contributed by atoms with Gasteiger partial charge in [0.25, 0.3) is 0 Å². The van der Waals surface area contributed by atoms with Crippen LogP contribution < -0.4 is 0 Å². The lowest BCUT2D eigenvalue weighted by Crippen LogP contribution is -2.16. The van der Waals surface area contributed by atoms with Gasteiger partial charge in [0.05, 0.1) is 0 Å². The van der Waals surface area contributed by atoms with E-state index in [0.29, 0.717) is 12.0 Å². The van der Waals surface area contributed by atoms with Crippen molar-refractivity contribution < 1.29 is 14.7 Å². The minimum Gasteiger partial charge on any atom is -0.478 e. The van der Waals surface area contributed by atoms with Crippen molar-refractivity contribution in [3.63, 3.8) is 0 Å². The molecule has 0 fully saturated rings. The lowest BCUT2D eigenvalue weighted by atomic mass is 10.1. The number of nitrogens with zero attached hydrogens (tertiary/aromatic N) is 1. The molecule has 0 heterocycles. The van der Waals surface area contributed by atoms with Crippen molar-refractivity contribution in [2.24, 2.45) is 0 Å². The Bertz CT molecular complexity index is 447. The highest BCUT2D eigenvalue weighted by Crippen LogP contribution is 2.08. The molecule has 4 heteroatoms. The molecule has 0 aliphatic rings.